The lowest BCUT2D eigenvalue weighted by Crippen LogP contribution is -2.37. The van der Waals surface area contributed by atoms with E-state index in [-0.39, 0.29) is 0 Å². The Balaban J connectivity index is 2.35. The molecule has 4 heteroatoms. The first kappa shape index (κ1) is 9.24. The van der Waals surface area contributed by atoms with Crippen LogP contribution in [0, 0.1) is 0 Å². The van der Waals surface area contributed by atoms with E-state index in [1.807, 2.05) is 0 Å². The van der Waals surface area contributed by atoms with E-state index in [0.29, 0.717) is 18.6 Å². The summed E-state index contributed by atoms with van der Waals surface area (Å²) >= 11 is 0. The average molecular weight is 195 g/mol. The highest BCUT2D eigenvalue weighted by Crippen LogP contribution is 2.39. The van der Waals surface area contributed by atoms with Crippen molar-refractivity contribution in [1.29, 1.82) is 0 Å². The molecule has 76 valence electrons. The van der Waals surface area contributed by atoms with Crippen LogP contribution in [0.2, 0.25) is 0 Å². The molecule has 14 heavy (non-hydrogen) atoms. The molecule has 0 bridgehead atoms. The topological polar surface area (TPSA) is 63.3 Å². The summed E-state index contributed by atoms with van der Waals surface area (Å²) in [5.74, 6) is -0.279. The van der Waals surface area contributed by atoms with Gasteiger partial charge >= 0.3 is 5.97 Å². The Morgan fingerprint density at radius 3 is 2.64 bits per heavy atom. The van der Waals surface area contributed by atoms with Crippen LogP contribution in [-0.2, 0) is 10.2 Å². The van der Waals surface area contributed by atoms with Crippen LogP contribution in [0.1, 0.15) is 37.9 Å². The number of aliphatic carboxylic acids is 1. The second kappa shape index (κ2) is 3.44. The third kappa shape index (κ3) is 1.31. The largest absolute Gasteiger partial charge is 0.480 e. The molecular weight excluding hydrogens is 182 g/mol. The minimum absolute atomic E-state index is 0.504. The number of hydrogen-bond donors (Lipinski definition) is 1. The molecule has 1 fully saturated rings. The van der Waals surface area contributed by atoms with Crippen molar-refractivity contribution in [2.75, 3.05) is 0 Å². The fourth-order valence-corrected chi connectivity index (χ4v) is 2.17. The number of oxazole rings is 1. The zero-order valence-electron chi connectivity index (χ0n) is 7.90. The lowest BCUT2D eigenvalue weighted by atomic mass is 9.72. The van der Waals surface area contributed by atoms with Gasteiger partial charge in [0.2, 0.25) is 0 Å². The Hall–Kier alpha value is -1.32. The van der Waals surface area contributed by atoms with Crippen LogP contribution in [0.25, 0.3) is 0 Å². The maximum atomic E-state index is 11.3. The molecular formula is C10H13NO3. The average Bonchev–Trinajstić information content (AvgIpc) is 2.72. The molecule has 0 atom stereocenters. The van der Waals surface area contributed by atoms with Crippen molar-refractivity contribution in [2.45, 2.75) is 37.5 Å². The minimum atomic E-state index is -0.811. The smallest absolute Gasteiger partial charge is 0.317 e. The molecule has 0 aromatic carbocycles. The summed E-state index contributed by atoms with van der Waals surface area (Å²) < 4.78 is 5.15. The zero-order chi connectivity index (χ0) is 10.0. The Bertz CT molecular complexity index is 312. The normalized spacial score (nSPS) is 20.6. The Morgan fingerprint density at radius 2 is 2.14 bits per heavy atom. The first-order valence-electron chi connectivity index (χ1n) is 4.88. The van der Waals surface area contributed by atoms with Gasteiger partial charge in [0.15, 0.2) is 6.39 Å². The minimum Gasteiger partial charge on any atom is -0.480 e. The summed E-state index contributed by atoms with van der Waals surface area (Å²) in [5, 5.41) is 9.27. The SMILES string of the molecule is O=C(O)C1(c2cnco2)CCCCC1. The van der Waals surface area contributed by atoms with E-state index in [1.165, 1.54) is 12.6 Å². The van der Waals surface area contributed by atoms with Crippen LogP contribution in [0.15, 0.2) is 17.0 Å². The lowest BCUT2D eigenvalue weighted by molar-refractivity contribution is -0.146. The molecule has 0 unspecified atom stereocenters. The maximum Gasteiger partial charge on any atom is 0.317 e. The molecule has 4 nitrogen and oxygen atoms in total. The fraction of sp³-hybridized carbons (Fsp3) is 0.600. The van der Waals surface area contributed by atoms with Crippen LogP contribution < -0.4 is 0 Å². The van der Waals surface area contributed by atoms with Gasteiger partial charge in [-0.1, -0.05) is 19.3 Å². The molecule has 1 aliphatic carbocycles. The molecule has 1 aromatic heterocycles. The third-order valence-corrected chi connectivity index (χ3v) is 3.02. The second-order valence-electron chi connectivity index (χ2n) is 3.81. The second-order valence-corrected chi connectivity index (χ2v) is 3.81. The van der Waals surface area contributed by atoms with Gasteiger partial charge in [-0.25, -0.2) is 4.98 Å². The van der Waals surface area contributed by atoms with E-state index in [4.69, 9.17) is 4.42 Å². The number of carboxylic acid groups (broad SMARTS) is 1. The van der Waals surface area contributed by atoms with Gasteiger partial charge < -0.3 is 9.52 Å². The summed E-state index contributed by atoms with van der Waals surface area (Å²) in [6.07, 6.45) is 7.17. The van der Waals surface area contributed by atoms with E-state index < -0.39 is 11.4 Å². The third-order valence-electron chi connectivity index (χ3n) is 3.02. The van der Waals surface area contributed by atoms with Crippen LogP contribution >= 0.6 is 0 Å². The van der Waals surface area contributed by atoms with Crippen molar-refractivity contribution in [3.05, 3.63) is 18.4 Å². The fourth-order valence-electron chi connectivity index (χ4n) is 2.17. The van der Waals surface area contributed by atoms with Gasteiger partial charge in [-0.05, 0) is 12.8 Å². The van der Waals surface area contributed by atoms with E-state index in [2.05, 4.69) is 4.98 Å². The lowest BCUT2D eigenvalue weighted by Gasteiger charge is -2.30. The summed E-state index contributed by atoms with van der Waals surface area (Å²) in [6, 6.07) is 0. The van der Waals surface area contributed by atoms with Crippen molar-refractivity contribution >= 4 is 5.97 Å². The van der Waals surface area contributed by atoms with Gasteiger partial charge in [0.1, 0.15) is 11.2 Å². The predicted octanol–water partition coefficient (Wildman–Crippen LogP) is 1.96. The Labute approximate surface area is 81.9 Å². The summed E-state index contributed by atoms with van der Waals surface area (Å²) in [7, 11) is 0. The van der Waals surface area contributed by atoms with Crippen molar-refractivity contribution in [3.8, 4) is 0 Å². The van der Waals surface area contributed by atoms with E-state index in [1.54, 1.807) is 0 Å². The molecule has 2 rings (SSSR count). The molecule has 0 saturated heterocycles. The van der Waals surface area contributed by atoms with Crippen LogP contribution in [-0.4, -0.2) is 16.1 Å². The van der Waals surface area contributed by atoms with Crippen molar-refractivity contribution in [3.63, 3.8) is 0 Å². The summed E-state index contributed by atoms with van der Waals surface area (Å²) in [5.41, 5.74) is -0.811. The number of rotatable bonds is 2. The van der Waals surface area contributed by atoms with E-state index >= 15 is 0 Å². The summed E-state index contributed by atoms with van der Waals surface area (Å²) in [4.78, 5) is 15.1. The van der Waals surface area contributed by atoms with Crippen molar-refractivity contribution < 1.29 is 14.3 Å². The molecule has 1 aliphatic rings. The molecule has 1 N–H and O–H groups in total. The van der Waals surface area contributed by atoms with Crippen LogP contribution in [0.4, 0.5) is 0 Å². The van der Waals surface area contributed by atoms with Gasteiger partial charge in [0.25, 0.3) is 0 Å². The van der Waals surface area contributed by atoms with Crippen molar-refractivity contribution in [1.82, 2.24) is 4.98 Å². The quantitative estimate of drug-likeness (QED) is 0.783. The first-order chi connectivity index (χ1) is 6.76. The van der Waals surface area contributed by atoms with Gasteiger partial charge in [-0.3, -0.25) is 4.79 Å². The highest BCUT2D eigenvalue weighted by molar-refractivity contribution is 5.80. The molecule has 0 radical (unpaired) electrons. The number of carboxylic acids is 1. The van der Waals surface area contributed by atoms with Crippen LogP contribution in [0.3, 0.4) is 0 Å². The summed E-state index contributed by atoms with van der Waals surface area (Å²) in [6.45, 7) is 0. The number of hydrogen-bond acceptors (Lipinski definition) is 3. The van der Waals surface area contributed by atoms with Gasteiger partial charge in [-0.2, -0.15) is 0 Å². The molecule has 1 heterocycles. The Morgan fingerprint density at radius 1 is 1.43 bits per heavy atom. The molecule has 0 spiro atoms. The first-order valence-corrected chi connectivity index (χ1v) is 4.88. The van der Waals surface area contributed by atoms with E-state index in [9.17, 15) is 9.90 Å². The number of carbonyl (C=O) groups is 1. The van der Waals surface area contributed by atoms with Gasteiger partial charge in [0.05, 0.1) is 6.20 Å². The highest BCUT2D eigenvalue weighted by atomic mass is 16.4. The Kier molecular flexibility index (Phi) is 2.27. The van der Waals surface area contributed by atoms with Gasteiger partial charge in [0, 0.05) is 0 Å². The van der Waals surface area contributed by atoms with Gasteiger partial charge in [-0.15, -0.1) is 0 Å². The highest BCUT2D eigenvalue weighted by Gasteiger charge is 2.44. The zero-order valence-corrected chi connectivity index (χ0v) is 7.90. The van der Waals surface area contributed by atoms with E-state index in [0.717, 1.165) is 19.3 Å². The number of nitrogens with zero attached hydrogens (tertiary/aromatic N) is 1. The standard InChI is InChI=1S/C10H13NO3/c12-9(13)10(4-2-1-3-5-10)8-6-11-7-14-8/h6-7H,1-5H2,(H,12,13). The molecule has 0 amide bonds. The number of aromatic nitrogens is 1. The molecule has 1 saturated carbocycles. The maximum absolute atomic E-state index is 11.3. The monoisotopic (exact) mass is 195 g/mol. The van der Waals surface area contributed by atoms with Crippen molar-refractivity contribution in [2.24, 2.45) is 0 Å². The molecule has 1 aromatic rings. The molecule has 0 aliphatic heterocycles. The van der Waals surface area contributed by atoms with Crippen LogP contribution in [0.5, 0.6) is 0 Å². The predicted molar refractivity (Wildman–Crippen MR) is 48.9 cm³/mol.